The SMILES string of the molecule is Oc1c(Cl)cc(Cl)c2ccc(/C=C/c3ccccc3C(F)(F)F)nc12. The minimum absolute atomic E-state index is 0.0187. The van der Waals surface area contributed by atoms with Crippen LogP contribution in [0.2, 0.25) is 10.0 Å². The van der Waals surface area contributed by atoms with E-state index in [0.29, 0.717) is 16.1 Å². The van der Waals surface area contributed by atoms with Gasteiger partial charge in [0.2, 0.25) is 0 Å². The second-order valence-electron chi connectivity index (χ2n) is 5.24. The van der Waals surface area contributed by atoms with Gasteiger partial charge in [-0.25, -0.2) is 4.98 Å². The second kappa shape index (κ2) is 6.58. The molecule has 0 amide bonds. The summed E-state index contributed by atoms with van der Waals surface area (Å²) in [6.45, 7) is 0. The van der Waals surface area contributed by atoms with Crippen molar-refractivity contribution in [3.8, 4) is 5.75 Å². The molecule has 25 heavy (non-hydrogen) atoms. The van der Waals surface area contributed by atoms with Crippen molar-refractivity contribution < 1.29 is 18.3 Å². The van der Waals surface area contributed by atoms with E-state index in [2.05, 4.69) is 4.98 Å². The molecule has 0 aliphatic heterocycles. The summed E-state index contributed by atoms with van der Waals surface area (Å²) < 4.78 is 39.0. The molecule has 7 heteroatoms. The molecule has 0 bridgehead atoms. The minimum atomic E-state index is -4.45. The fourth-order valence-corrected chi connectivity index (χ4v) is 2.90. The number of hydrogen-bond acceptors (Lipinski definition) is 2. The first-order valence-electron chi connectivity index (χ1n) is 7.09. The number of pyridine rings is 1. The predicted molar refractivity (Wildman–Crippen MR) is 93.8 cm³/mol. The Kier molecular flexibility index (Phi) is 4.62. The number of aromatic hydroxyl groups is 1. The predicted octanol–water partition coefficient (Wildman–Crippen LogP) is 6.44. The maximum absolute atomic E-state index is 13.0. The van der Waals surface area contributed by atoms with Crippen molar-refractivity contribution in [1.82, 2.24) is 4.98 Å². The van der Waals surface area contributed by atoms with Crippen molar-refractivity contribution in [1.29, 1.82) is 0 Å². The molecule has 0 spiro atoms. The molecule has 1 aromatic heterocycles. The van der Waals surface area contributed by atoms with E-state index < -0.39 is 11.7 Å². The normalized spacial score (nSPS) is 12.2. The number of phenolic OH excluding ortho intramolecular Hbond substituents is 1. The third-order valence-corrected chi connectivity index (χ3v) is 4.18. The molecule has 0 aliphatic carbocycles. The summed E-state index contributed by atoms with van der Waals surface area (Å²) in [4.78, 5) is 4.22. The highest BCUT2D eigenvalue weighted by Crippen LogP contribution is 2.36. The number of halogens is 5. The van der Waals surface area contributed by atoms with Gasteiger partial charge in [-0.05, 0) is 35.9 Å². The maximum atomic E-state index is 13.0. The molecule has 0 saturated carbocycles. The Labute approximate surface area is 151 Å². The van der Waals surface area contributed by atoms with Crippen LogP contribution in [-0.4, -0.2) is 10.1 Å². The van der Waals surface area contributed by atoms with E-state index in [1.165, 1.54) is 36.4 Å². The van der Waals surface area contributed by atoms with Gasteiger partial charge in [0.05, 0.1) is 21.3 Å². The molecule has 1 N–H and O–H groups in total. The lowest BCUT2D eigenvalue weighted by atomic mass is 10.1. The minimum Gasteiger partial charge on any atom is -0.504 e. The van der Waals surface area contributed by atoms with Crippen molar-refractivity contribution in [3.05, 3.63) is 69.3 Å². The number of benzene rings is 2. The van der Waals surface area contributed by atoms with Crippen LogP contribution in [0.3, 0.4) is 0 Å². The molecule has 3 rings (SSSR count). The molecule has 0 aliphatic rings. The molecule has 0 radical (unpaired) electrons. The third kappa shape index (κ3) is 3.57. The summed E-state index contributed by atoms with van der Waals surface area (Å²) in [6.07, 6.45) is -1.70. The van der Waals surface area contributed by atoms with Crippen molar-refractivity contribution in [3.63, 3.8) is 0 Å². The molecule has 3 aromatic rings. The van der Waals surface area contributed by atoms with Crippen LogP contribution in [0.5, 0.6) is 5.75 Å². The van der Waals surface area contributed by atoms with Crippen molar-refractivity contribution in [2.24, 2.45) is 0 Å². The standard InChI is InChI=1S/C18H10Cl2F3NO/c19-14-9-15(20)17(25)16-12(14)8-7-11(24-16)6-5-10-3-1-2-4-13(10)18(21,22)23/h1-9,25H/b6-5+. The zero-order valence-electron chi connectivity index (χ0n) is 12.5. The number of fused-ring (bicyclic) bond motifs is 1. The molecule has 0 fully saturated rings. The Morgan fingerprint density at radius 2 is 1.68 bits per heavy atom. The Morgan fingerprint density at radius 3 is 2.40 bits per heavy atom. The molecular formula is C18H10Cl2F3NO. The summed E-state index contributed by atoms with van der Waals surface area (Å²) >= 11 is 11.9. The first-order chi connectivity index (χ1) is 11.8. The number of alkyl halides is 3. The Balaban J connectivity index is 2.05. The molecule has 2 nitrogen and oxygen atoms in total. The van der Waals surface area contributed by atoms with Gasteiger partial charge in [0.15, 0.2) is 5.75 Å². The Bertz CT molecular complexity index is 984. The summed E-state index contributed by atoms with van der Waals surface area (Å²) in [5, 5.41) is 10.9. The van der Waals surface area contributed by atoms with E-state index in [4.69, 9.17) is 23.2 Å². The summed E-state index contributed by atoms with van der Waals surface area (Å²) in [6, 6.07) is 9.84. The quantitative estimate of drug-likeness (QED) is 0.552. The zero-order valence-corrected chi connectivity index (χ0v) is 14.0. The number of phenols is 1. The largest absolute Gasteiger partial charge is 0.504 e. The highest BCUT2D eigenvalue weighted by atomic mass is 35.5. The van der Waals surface area contributed by atoms with Crippen LogP contribution in [0.25, 0.3) is 23.1 Å². The van der Waals surface area contributed by atoms with Crippen molar-refractivity contribution in [2.45, 2.75) is 6.18 Å². The van der Waals surface area contributed by atoms with Gasteiger partial charge in [-0.2, -0.15) is 13.2 Å². The number of nitrogens with zero attached hydrogens (tertiary/aromatic N) is 1. The van der Waals surface area contributed by atoms with Gasteiger partial charge in [0.1, 0.15) is 5.52 Å². The van der Waals surface area contributed by atoms with Gasteiger partial charge in [-0.1, -0.05) is 47.5 Å². The van der Waals surface area contributed by atoms with Crippen LogP contribution < -0.4 is 0 Å². The third-order valence-electron chi connectivity index (χ3n) is 3.58. The Morgan fingerprint density at radius 1 is 0.960 bits per heavy atom. The van der Waals surface area contributed by atoms with Crippen LogP contribution in [-0.2, 0) is 6.18 Å². The zero-order chi connectivity index (χ0) is 18.2. The van der Waals surface area contributed by atoms with Gasteiger partial charge in [-0.3, -0.25) is 0 Å². The van der Waals surface area contributed by atoms with E-state index >= 15 is 0 Å². The molecule has 1 heterocycles. The van der Waals surface area contributed by atoms with Gasteiger partial charge in [-0.15, -0.1) is 0 Å². The summed E-state index contributed by atoms with van der Waals surface area (Å²) in [7, 11) is 0. The molecule has 0 saturated heterocycles. The highest BCUT2D eigenvalue weighted by Gasteiger charge is 2.32. The first kappa shape index (κ1) is 17.6. The topological polar surface area (TPSA) is 33.1 Å². The summed E-state index contributed by atoms with van der Waals surface area (Å²) in [5.41, 5.74) is -0.173. The average molecular weight is 384 g/mol. The lowest BCUT2D eigenvalue weighted by Gasteiger charge is -2.09. The molecule has 0 unspecified atom stereocenters. The lowest BCUT2D eigenvalue weighted by molar-refractivity contribution is -0.137. The van der Waals surface area contributed by atoms with Crippen molar-refractivity contribution >= 4 is 46.3 Å². The van der Waals surface area contributed by atoms with Gasteiger partial charge >= 0.3 is 6.18 Å². The van der Waals surface area contributed by atoms with E-state index in [-0.39, 0.29) is 21.9 Å². The van der Waals surface area contributed by atoms with E-state index in [9.17, 15) is 18.3 Å². The highest BCUT2D eigenvalue weighted by molar-refractivity contribution is 6.39. The molecule has 0 atom stereocenters. The summed E-state index contributed by atoms with van der Waals surface area (Å²) in [5.74, 6) is -0.230. The lowest BCUT2D eigenvalue weighted by Crippen LogP contribution is -2.06. The average Bonchev–Trinajstić information content (AvgIpc) is 2.57. The van der Waals surface area contributed by atoms with Crippen LogP contribution >= 0.6 is 23.2 Å². The molecule has 2 aromatic carbocycles. The van der Waals surface area contributed by atoms with Gasteiger partial charge in [0, 0.05) is 5.39 Å². The second-order valence-corrected chi connectivity index (χ2v) is 6.05. The van der Waals surface area contributed by atoms with E-state index in [1.807, 2.05) is 0 Å². The molecular weight excluding hydrogens is 374 g/mol. The van der Waals surface area contributed by atoms with Gasteiger partial charge in [0.25, 0.3) is 0 Å². The van der Waals surface area contributed by atoms with Gasteiger partial charge < -0.3 is 5.11 Å². The number of hydrogen-bond donors (Lipinski definition) is 1. The molecule has 128 valence electrons. The van der Waals surface area contributed by atoms with Crippen molar-refractivity contribution in [2.75, 3.05) is 0 Å². The van der Waals surface area contributed by atoms with Crippen LogP contribution in [0, 0.1) is 0 Å². The number of rotatable bonds is 2. The smallest absolute Gasteiger partial charge is 0.416 e. The van der Waals surface area contributed by atoms with E-state index in [0.717, 1.165) is 6.07 Å². The fourth-order valence-electron chi connectivity index (χ4n) is 2.39. The monoisotopic (exact) mass is 383 g/mol. The first-order valence-corrected chi connectivity index (χ1v) is 7.85. The fraction of sp³-hybridized carbons (Fsp3) is 0.0556. The maximum Gasteiger partial charge on any atom is 0.416 e. The van der Waals surface area contributed by atoms with Crippen LogP contribution in [0.15, 0.2) is 42.5 Å². The van der Waals surface area contributed by atoms with Crippen LogP contribution in [0.4, 0.5) is 13.2 Å². The number of aromatic nitrogens is 1. The Hall–Kier alpha value is -2.24. The van der Waals surface area contributed by atoms with Crippen LogP contribution in [0.1, 0.15) is 16.8 Å². The van der Waals surface area contributed by atoms with E-state index in [1.54, 1.807) is 12.1 Å².